The summed E-state index contributed by atoms with van der Waals surface area (Å²) in [7, 11) is 0. The third kappa shape index (κ3) is 4.20. The Bertz CT molecular complexity index is 553. The van der Waals surface area contributed by atoms with Gasteiger partial charge in [0.1, 0.15) is 0 Å². The lowest BCUT2D eigenvalue weighted by atomic mass is 10.1. The lowest BCUT2D eigenvalue weighted by molar-refractivity contribution is -0.384. The molecule has 0 atom stereocenters. The van der Waals surface area contributed by atoms with Gasteiger partial charge in [-0.1, -0.05) is 12.1 Å². The van der Waals surface area contributed by atoms with E-state index in [1.165, 1.54) is 3.57 Å². The van der Waals surface area contributed by atoms with Gasteiger partial charge in [0.15, 0.2) is 0 Å². The van der Waals surface area contributed by atoms with E-state index in [4.69, 9.17) is 0 Å². The lowest BCUT2D eigenvalue weighted by Crippen LogP contribution is -2.04. The molecule has 2 rings (SSSR count). The van der Waals surface area contributed by atoms with Gasteiger partial charge in [-0.3, -0.25) is 10.1 Å². The fraction of sp³-hybridized carbons (Fsp3) is 0.143. The molecule has 0 fully saturated rings. The van der Waals surface area contributed by atoms with Crippen LogP contribution >= 0.6 is 22.6 Å². The Kier molecular flexibility index (Phi) is 4.73. The van der Waals surface area contributed by atoms with Crippen LogP contribution in [0.5, 0.6) is 0 Å². The maximum Gasteiger partial charge on any atom is 0.269 e. The molecule has 0 saturated carbocycles. The van der Waals surface area contributed by atoms with Gasteiger partial charge in [-0.25, -0.2) is 0 Å². The summed E-state index contributed by atoms with van der Waals surface area (Å²) in [6.07, 6.45) is 0.837. The molecule has 5 heteroatoms. The number of hydrogen-bond acceptors (Lipinski definition) is 3. The van der Waals surface area contributed by atoms with Crippen molar-refractivity contribution in [2.24, 2.45) is 0 Å². The topological polar surface area (TPSA) is 55.2 Å². The van der Waals surface area contributed by atoms with E-state index in [9.17, 15) is 10.1 Å². The molecule has 0 aliphatic rings. The number of non-ortho nitro benzene ring substituents is 1. The first-order valence-electron chi connectivity index (χ1n) is 5.88. The third-order valence-corrected chi connectivity index (χ3v) is 3.45. The van der Waals surface area contributed by atoms with Crippen molar-refractivity contribution >= 4 is 34.0 Å². The van der Waals surface area contributed by atoms with Gasteiger partial charge in [0, 0.05) is 27.9 Å². The highest BCUT2D eigenvalue weighted by Crippen LogP contribution is 2.13. The second kappa shape index (κ2) is 6.51. The summed E-state index contributed by atoms with van der Waals surface area (Å²) >= 11 is 2.27. The summed E-state index contributed by atoms with van der Waals surface area (Å²) in [6.45, 7) is 0.804. The number of hydrogen-bond donors (Lipinski definition) is 1. The van der Waals surface area contributed by atoms with Gasteiger partial charge in [-0.15, -0.1) is 0 Å². The standard InChI is InChI=1S/C14H13IN2O2/c15-12-3-5-13(6-4-12)16-10-9-11-1-7-14(8-2-11)17(18)19/h1-8,16H,9-10H2. The normalized spacial score (nSPS) is 10.2. The van der Waals surface area contributed by atoms with Gasteiger partial charge in [0.05, 0.1) is 4.92 Å². The predicted octanol–water partition coefficient (Wildman–Crippen LogP) is 3.85. The molecule has 0 radical (unpaired) electrons. The fourth-order valence-corrected chi connectivity index (χ4v) is 2.06. The average molecular weight is 368 g/mol. The van der Waals surface area contributed by atoms with E-state index in [-0.39, 0.29) is 10.6 Å². The number of halogens is 1. The summed E-state index contributed by atoms with van der Waals surface area (Å²) < 4.78 is 1.21. The van der Waals surface area contributed by atoms with Crippen molar-refractivity contribution in [1.29, 1.82) is 0 Å². The molecule has 19 heavy (non-hydrogen) atoms. The Labute approximate surface area is 125 Å². The van der Waals surface area contributed by atoms with Crippen LogP contribution in [0.4, 0.5) is 11.4 Å². The van der Waals surface area contributed by atoms with E-state index in [0.717, 1.165) is 24.2 Å². The molecule has 0 aliphatic carbocycles. The number of rotatable bonds is 5. The maximum absolute atomic E-state index is 10.5. The summed E-state index contributed by atoms with van der Waals surface area (Å²) in [5, 5.41) is 13.9. The van der Waals surface area contributed by atoms with Gasteiger partial charge in [0.25, 0.3) is 5.69 Å². The van der Waals surface area contributed by atoms with E-state index in [0.29, 0.717) is 0 Å². The van der Waals surface area contributed by atoms with Crippen molar-refractivity contribution in [3.63, 3.8) is 0 Å². The third-order valence-electron chi connectivity index (χ3n) is 2.73. The Morgan fingerprint density at radius 1 is 1.05 bits per heavy atom. The summed E-state index contributed by atoms with van der Waals surface area (Å²) in [6, 6.07) is 14.9. The molecular formula is C14H13IN2O2. The number of nitrogens with zero attached hydrogens (tertiary/aromatic N) is 1. The van der Waals surface area contributed by atoms with Crippen molar-refractivity contribution in [1.82, 2.24) is 0 Å². The first kappa shape index (κ1) is 13.8. The zero-order valence-electron chi connectivity index (χ0n) is 10.2. The number of nitrogens with one attached hydrogen (secondary N) is 1. The van der Waals surface area contributed by atoms with Gasteiger partial charge >= 0.3 is 0 Å². The van der Waals surface area contributed by atoms with E-state index >= 15 is 0 Å². The van der Waals surface area contributed by atoms with Crippen molar-refractivity contribution in [2.75, 3.05) is 11.9 Å². The minimum absolute atomic E-state index is 0.134. The van der Waals surface area contributed by atoms with Gasteiger partial charge < -0.3 is 5.32 Å². The zero-order valence-corrected chi connectivity index (χ0v) is 12.3. The second-order valence-electron chi connectivity index (χ2n) is 4.11. The fourth-order valence-electron chi connectivity index (χ4n) is 1.70. The molecule has 4 nitrogen and oxygen atoms in total. The summed E-state index contributed by atoms with van der Waals surface area (Å²) in [5.41, 5.74) is 2.31. The predicted molar refractivity (Wildman–Crippen MR) is 84.4 cm³/mol. The molecule has 0 bridgehead atoms. The van der Waals surface area contributed by atoms with Crippen LogP contribution in [0, 0.1) is 13.7 Å². The minimum Gasteiger partial charge on any atom is -0.385 e. The van der Waals surface area contributed by atoms with E-state index in [1.807, 2.05) is 12.1 Å². The largest absolute Gasteiger partial charge is 0.385 e. The van der Waals surface area contributed by atoms with Crippen LogP contribution < -0.4 is 5.32 Å². The van der Waals surface area contributed by atoms with E-state index in [2.05, 4.69) is 40.0 Å². The van der Waals surface area contributed by atoms with E-state index < -0.39 is 0 Å². The second-order valence-corrected chi connectivity index (χ2v) is 5.35. The van der Waals surface area contributed by atoms with E-state index in [1.54, 1.807) is 24.3 Å². The molecule has 1 N–H and O–H groups in total. The highest BCUT2D eigenvalue weighted by atomic mass is 127. The number of nitro groups is 1. The molecule has 0 unspecified atom stereocenters. The van der Waals surface area contributed by atoms with Crippen molar-refractivity contribution in [2.45, 2.75) is 6.42 Å². The molecule has 0 aromatic heterocycles. The Morgan fingerprint density at radius 2 is 1.68 bits per heavy atom. The van der Waals surface area contributed by atoms with Crippen molar-refractivity contribution in [3.05, 3.63) is 67.8 Å². The van der Waals surface area contributed by atoms with Crippen LogP contribution in [0.25, 0.3) is 0 Å². The SMILES string of the molecule is O=[N+]([O-])c1ccc(CCNc2ccc(I)cc2)cc1. The zero-order chi connectivity index (χ0) is 13.7. The molecule has 0 spiro atoms. The van der Waals surface area contributed by atoms with Crippen LogP contribution in [0.2, 0.25) is 0 Å². The Hall–Kier alpha value is -1.63. The van der Waals surface area contributed by atoms with Crippen molar-refractivity contribution in [3.8, 4) is 0 Å². The van der Waals surface area contributed by atoms with Gasteiger partial charge in [0.2, 0.25) is 0 Å². The van der Waals surface area contributed by atoms with Crippen LogP contribution in [-0.4, -0.2) is 11.5 Å². The number of nitro benzene ring substituents is 1. The molecular weight excluding hydrogens is 355 g/mol. The molecule has 0 amide bonds. The summed E-state index contributed by atoms with van der Waals surface area (Å²) in [4.78, 5) is 10.2. The highest BCUT2D eigenvalue weighted by molar-refractivity contribution is 14.1. The Balaban J connectivity index is 1.85. The van der Waals surface area contributed by atoms with Crippen LogP contribution in [0.1, 0.15) is 5.56 Å². The van der Waals surface area contributed by atoms with Gasteiger partial charge in [-0.05, 0) is 58.8 Å². The summed E-state index contributed by atoms with van der Waals surface area (Å²) in [5.74, 6) is 0. The molecule has 0 saturated heterocycles. The maximum atomic E-state index is 10.5. The lowest BCUT2D eigenvalue weighted by Gasteiger charge is -2.06. The first-order valence-corrected chi connectivity index (χ1v) is 6.96. The average Bonchev–Trinajstić information content (AvgIpc) is 2.41. The quantitative estimate of drug-likeness (QED) is 0.496. The number of benzene rings is 2. The smallest absolute Gasteiger partial charge is 0.269 e. The molecule has 2 aromatic carbocycles. The molecule has 98 valence electrons. The van der Waals surface area contributed by atoms with Crippen LogP contribution in [0.15, 0.2) is 48.5 Å². The molecule has 0 aliphatic heterocycles. The number of anilines is 1. The van der Waals surface area contributed by atoms with Crippen LogP contribution in [0.3, 0.4) is 0 Å². The molecule has 2 aromatic rings. The minimum atomic E-state index is -0.381. The highest BCUT2D eigenvalue weighted by Gasteiger charge is 2.03. The monoisotopic (exact) mass is 368 g/mol. The first-order chi connectivity index (χ1) is 9.15. The Morgan fingerprint density at radius 3 is 2.26 bits per heavy atom. The van der Waals surface area contributed by atoms with Crippen LogP contribution in [-0.2, 0) is 6.42 Å². The molecule has 0 heterocycles. The van der Waals surface area contributed by atoms with Gasteiger partial charge in [-0.2, -0.15) is 0 Å². The van der Waals surface area contributed by atoms with Crippen molar-refractivity contribution < 1.29 is 4.92 Å².